The average molecular weight is 186 g/mol. The van der Waals surface area contributed by atoms with E-state index in [-0.39, 0.29) is 5.96 Å². The predicted octanol–water partition coefficient (Wildman–Crippen LogP) is -0.234. The van der Waals surface area contributed by atoms with Crippen LogP contribution in [0.1, 0.15) is 19.3 Å². The number of hydroxylamine groups is 1. The number of hydrogen-bond donors (Lipinski definition) is 3. The van der Waals surface area contributed by atoms with E-state index in [1.807, 2.05) is 5.48 Å². The molecular formula is C8H18N4O. The summed E-state index contributed by atoms with van der Waals surface area (Å²) in [5, 5.41) is 8.33. The van der Waals surface area contributed by atoms with Gasteiger partial charge in [0, 0.05) is 6.54 Å². The normalized spacial score (nSPS) is 19.3. The van der Waals surface area contributed by atoms with Crippen LogP contribution in [-0.4, -0.2) is 42.2 Å². The van der Waals surface area contributed by atoms with Gasteiger partial charge in [-0.3, -0.25) is 10.2 Å². The summed E-state index contributed by atoms with van der Waals surface area (Å²) < 4.78 is 0. The Kier molecular flexibility index (Phi) is 4.56. The van der Waals surface area contributed by atoms with Crippen molar-refractivity contribution in [3.63, 3.8) is 0 Å². The Hall–Kier alpha value is -0.810. The zero-order chi connectivity index (χ0) is 9.52. The molecule has 5 heteroatoms. The van der Waals surface area contributed by atoms with Crippen molar-refractivity contribution in [3.05, 3.63) is 0 Å². The molecule has 0 aromatic carbocycles. The molecule has 1 fully saturated rings. The van der Waals surface area contributed by atoms with Crippen molar-refractivity contribution in [1.29, 1.82) is 0 Å². The van der Waals surface area contributed by atoms with Crippen molar-refractivity contribution in [2.75, 3.05) is 26.2 Å². The maximum absolute atomic E-state index is 8.33. The monoisotopic (exact) mass is 186 g/mol. The van der Waals surface area contributed by atoms with Crippen LogP contribution in [0.5, 0.6) is 0 Å². The van der Waals surface area contributed by atoms with Crippen LogP contribution >= 0.6 is 0 Å². The van der Waals surface area contributed by atoms with Crippen molar-refractivity contribution in [2.24, 2.45) is 10.7 Å². The van der Waals surface area contributed by atoms with Crippen LogP contribution in [0.15, 0.2) is 4.99 Å². The first-order valence-electron chi connectivity index (χ1n) is 4.75. The number of nitrogens with zero attached hydrogens (tertiary/aromatic N) is 2. The Balaban J connectivity index is 2.00. The first kappa shape index (κ1) is 10.3. The molecule has 1 saturated heterocycles. The highest BCUT2D eigenvalue weighted by Gasteiger charge is 2.09. The number of hydrogen-bond acceptors (Lipinski definition) is 3. The van der Waals surface area contributed by atoms with E-state index in [0.717, 1.165) is 13.0 Å². The molecule has 1 heterocycles. The molecule has 0 atom stereocenters. The Labute approximate surface area is 78.6 Å². The third kappa shape index (κ3) is 4.10. The molecule has 5 nitrogen and oxygen atoms in total. The van der Waals surface area contributed by atoms with E-state index in [0.29, 0.717) is 6.54 Å². The van der Waals surface area contributed by atoms with Crippen LogP contribution in [0.25, 0.3) is 0 Å². The average Bonchev–Trinajstić information content (AvgIpc) is 2.64. The van der Waals surface area contributed by atoms with E-state index in [1.165, 1.54) is 25.9 Å². The largest absolute Gasteiger partial charge is 0.368 e. The molecule has 0 aliphatic carbocycles. The molecule has 13 heavy (non-hydrogen) atoms. The first-order chi connectivity index (χ1) is 6.33. The zero-order valence-electron chi connectivity index (χ0n) is 7.87. The summed E-state index contributed by atoms with van der Waals surface area (Å²) in [6.07, 6.45) is 3.65. The number of nitrogens with two attached hydrogens (primary N) is 1. The van der Waals surface area contributed by atoms with E-state index >= 15 is 0 Å². The minimum absolute atomic E-state index is 0.0985. The summed E-state index contributed by atoms with van der Waals surface area (Å²) in [5.74, 6) is 0.0985. The van der Waals surface area contributed by atoms with Crippen molar-refractivity contribution in [2.45, 2.75) is 19.3 Å². The molecule has 0 amide bonds. The molecule has 0 spiro atoms. The Morgan fingerprint density at radius 1 is 1.46 bits per heavy atom. The minimum Gasteiger partial charge on any atom is -0.368 e. The quantitative estimate of drug-likeness (QED) is 0.245. The maximum Gasteiger partial charge on any atom is 0.212 e. The third-order valence-corrected chi connectivity index (χ3v) is 2.23. The molecule has 1 aliphatic heterocycles. The number of likely N-dealkylation sites (tertiary alicyclic amines) is 1. The molecule has 1 rings (SSSR count). The van der Waals surface area contributed by atoms with Gasteiger partial charge in [-0.05, 0) is 38.9 Å². The van der Waals surface area contributed by atoms with Gasteiger partial charge in [-0.1, -0.05) is 0 Å². The van der Waals surface area contributed by atoms with Crippen molar-refractivity contribution in [3.8, 4) is 0 Å². The van der Waals surface area contributed by atoms with E-state index < -0.39 is 0 Å². The molecule has 0 unspecified atom stereocenters. The summed E-state index contributed by atoms with van der Waals surface area (Å²) in [7, 11) is 0. The fraction of sp³-hybridized carbons (Fsp3) is 0.875. The molecule has 0 saturated carbocycles. The van der Waals surface area contributed by atoms with Crippen LogP contribution in [-0.2, 0) is 0 Å². The van der Waals surface area contributed by atoms with E-state index in [1.54, 1.807) is 0 Å². The summed E-state index contributed by atoms with van der Waals surface area (Å²) in [6.45, 7) is 4.20. The summed E-state index contributed by atoms with van der Waals surface area (Å²) in [5.41, 5.74) is 7.05. The van der Waals surface area contributed by atoms with E-state index in [4.69, 9.17) is 10.9 Å². The van der Waals surface area contributed by atoms with Gasteiger partial charge in [-0.25, -0.2) is 5.48 Å². The second-order valence-corrected chi connectivity index (χ2v) is 3.28. The number of rotatable bonds is 4. The van der Waals surface area contributed by atoms with Gasteiger partial charge >= 0.3 is 0 Å². The summed E-state index contributed by atoms with van der Waals surface area (Å²) >= 11 is 0. The maximum atomic E-state index is 8.33. The second kappa shape index (κ2) is 5.77. The number of aliphatic imine (C=N–C) groups is 1. The molecule has 0 aromatic rings. The highest BCUT2D eigenvalue weighted by Crippen LogP contribution is 2.06. The fourth-order valence-electron chi connectivity index (χ4n) is 1.54. The number of nitrogens with one attached hydrogen (secondary N) is 1. The van der Waals surface area contributed by atoms with Gasteiger partial charge in [-0.15, -0.1) is 0 Å². The van der Waals surface area contributed by atoms with Gasteiger partial charge in [0.1, 0.15) is 0 Å². The SMILES string of the molecule is NC(=NCCCN1CCCC1)NO. The molecule has 1 aliphatic rings. The third-order valence-electron chi connectivity index (χ3n) is 2.23. The molecule has 0 aromatic heterocycles. The van der Waals surface area contributed by atoms with Gasteiger partial charge in [0.2, 0.25) is 5.96 Å². The topological polar surface area (TPSA) is 73.9 Å². The Morgan fingerprint density at radius 2 is 2.15 bits per heavy atom. The predicted molar refractivity (Wildman–Crippen MR) is 51.7 cm³/mol. The van der Waals surface area contributed by atoms with Gasteiger partial charge in [0.05, 0.1) is 0 Å². The Bertz CT molecular complexity index is 166. The lowest BCUT2D eigenvalue weighted by Crippen LogP contribution is -2.29. The highest BCUT2D eigenvalue weighted by atomic mass is 16.5. The second-order valence-electron chi connectivity index (χ2n) is 3.28. The van der Waals surface area contributed by atoms with E-state index in [9.17, 15) is 0 Å². The van der Waals surface area contributed by atoms with Gasteiger partial charge in [-0.2, -0.15) is 0 Å². The lowest BCUT2D eigenvalue weighted by molar-refractivity contribution is 0.232. The molecule has 4 N–H and O–H groups in total. The van der Waals surface area contributed by atoms with Gasteiger partial charge in [0.25, 0.3) is 0 Å². The molecule has 0 radical (unpaired) electrons. The lowest BCUT2D eigenvalue weighted by atomic mass is 10.4. The van der Waals surface area contributed by atoms with Crippen LogP contribution in [0.2, 0.25) is 0 Å². The van der Waals surface area contributed by atoms with Crippen molar-refractivity contribution < 1.29 is 5.21 Å². The first-order valence-corrected chi connectivity index (χ1v) is 4.75. The minimum atomic E-state index is 0.0985. The molecule has 76 valence electrons. The Morgan fingerprint density at radius 3 is 2.77 bits per heavy atom. The van der Waals surface area contributed by atoms with Crippen LogP contribution < -0.4 is 11.2 Å². The highest BCUT2D eigenvalue weighted by molar-refractivity contribution is 5.76. The summed E-state index contributed by atoms with van der Waals surface area (Å²) in [4.78, 5) is 6.34. The number of guanidine groups is 1. The summed E-state index contributed by atoms with van der Waals surface area (Å²) in [6, 6.07) is 0. The van der Waals surface area contributed by atoms with Crippen LogP contribution in [0, 0.1) is 0 Å². The lowest BCUT2D eigenvalue weighted by Gasteiger charge is -2.12. The van der Waals surface area contributed by atoms with Gasteiger partial charge < -0.3 is 10.6 Å². The van der Waals surface area contributed by atoms with Crippen LogP contribution in [0.3, 0.4) is 0 Å². The molecule has 0 bridgehead atoms. The van der Waals surface area contributed by atoms with Crippen LogP contribution in [0.4, 0.5) is 0 Å². The van der Waals surface area contributed by atoms with Crippen molar-refractivity contribution >= 4 is 5.96 Å². The smallest absolute Gasteiger partial charge is 0.212 e. The van der Waals surface area contributed by atoms with Gasteiger partial charge in [0.15, 0.2) is 0 Å². The van der Waals surface area contributed by atoms with Crippen molar-refractivity contribution in [1.82, 2.24) is 10.4 Å². The standard InChI is InChI=1S/C8H18N4O/c9-8(11-13)10-4-3-7-12-5-1-2-6-12/h13H,1-7H2,(H3,9,10,11). The zero-order valence-corrected chi connectivity index (χ0v) is 7.87. The fourth-order valence-corrected chi connectivity index (χ4v) is 1.54. The van der Waals surface area contributed by atoms with E-state index in [2.05, 4.69) is 9.89 Å². The molecular weight excluding hydrogens is 168 g/mol.